The fourth-order valence-corrected chi connectivity index (χ4v) is 12.6. The molecule has 0 atom stereocenters. The number of fused-ring (bicyclic) bond motifs is 14. The Hall–Kier alpha value is -12.1. The number of aromatic nitrogens is 8. The molecule has 0 aliphatic rings. The molecule has 10 aromatic carbocycles. The van der Waals surface area contributed by atoms with Crippen LogP contribution < -0.4 is 29.0 Å². The molecule has 14 nitrogen and oxygen atoms in total. The van der Waals surface area contributed by atoms with Crippen molar-refractivity contribution in [3.05, 3.63) is 235 Å². The van der Waals surface area contributed by atoms with Crippen LogP contribution in [0.1, 0.15) is 34.2 Å². The van der Waals surface area contributed by atoms with Gasteiger partial charge in [0, 0.05) is 38.7 Å². The average molecular weight is 1140 g/mol. The first-order valence-corrected chi connectivity index (χ1v) is 28.1. The van der Waals surface area contributed by atoms with E-state index in [4.69, 9.17) is 4.98 Å². The van der Waals surface area contributed by atoms with Gasteiger partial charge < -0.3 is 5.11 Å². The normalized spacial score (nSPS) is 10.9. The zero-order chi connectivity index (χ0) is 59.3. The van der Waals surface area contributed by atoms with E-state index in [1.807, 2.05) is 41.8 Å². The molecule has 0 bridgehead atoms. The Morgan fingerprint density at radius 2 is 0.852 bits per heavy atom. The second kappa shape index (κ2) is 22.8. The van der Waals surface area contributed by atoms with Crippen molar-refractivity contribution >= 4 is 119 Å². The summed E-state index contributed by atoms with van der Waals surface area (Å²) in [4.78, 5) is 33.2. The van der Waals surface area contributed by atoms with Crippen molar-refractivity contribution in [2.24, 2.45) is 0 Å². The minimum Gasteiger partial charge on any atom is -0.868 e. The standard InChI is InChI=1S/C45H27NS.C18H3N11.C9H7NO.Li/c1-3-11-30-25-32(19-17-28(30)9-1)42-36-14-5-6-15-37(36)43(33-20-18-29-10-2-4-12-31(29)26-33)40-27-34(21-22-38(40)42)44-45-39(23-24-46-44)35-13-7-8-16-41(35)47-45;1-7-8(2-19)25-14-13(24-7)15-17(28-10(4-21)9(3-20)26-15)18-16(14)27-11(5-22)12(6-23)29-18;11-8-5-1-3-7-4-2-6-10-9(7)8;/h1-27H;1H3;1-6,11H;/q;;;+1. The first-order chi connectivity index (χ1) is 42.7. The van der Waals surface area contributed by atoms with E-state index in [1.54, 1.807) is 49.5 Å². The van der Waals surface area contributed by atoms with Gasteiger partial charge in [0.1, 0.15) is 63.4 Å². The van der Waals surface area contributed by atoms with Crippen LogP contribution in [0.2, 0.25) is 0 Å². The Morgan fingerprint density at radius 1 is 0.398 bits per heavy atom. The molecular weight excluding hydrogens is 1100 g/mol. The van der Waals surface area contributed by atoms with E-state index in [0.717, 1.165) is 16.6 Å². The summed E-state index contributed by atoms with van der Waals surface area (Å²) < 4.78 is 2.52. The van der Waals surface area contributed by atoms with Gasteiger partial charge in [-0.3, -0.25) is 4.98 Å². The maximum absolute atomic E-state index is 11.1. The monoisotopic (exact) mass is 1140 g/mol. The minimum atomic E-state index is -0.245. The molecule has 0 fully saturated rings. The van der Waals surface area contributed by atoms with Crippen LogP contribution in [0.15, 0.2) is 200 Å². The molecule has 6 heterocycles. The second-order valence-electron chi connectivity index (χ2n) is 20.4. The summed E-state index contributed by atoms with van der Waals surface area (Å²) in [5.41, 5.74) is 7.87. The number of hydrogen-bond acceptors (Lipinski definition) is 14. The number of H-pyrrole nitrogens is 1. The summed E-state index contributed by atoms with van der Waals surface area (Å²) in [5, 5.41) is 71.1. The summed E-state index contributed by atoms with van der Waals surface area (Å²) >= 11 is 1.83. The molecule has 0 aliphatic heterocycles. The van der Waals surface area contributed by atoms with Crippen molar-refractivity contribution in [2.75, 3.05) is 0 Å². The molecule has 0 amide bonds. The molecule has 88 heavy (non-hydrogen) atoms. The predicted molar refractivity (Wildman–Crippen MR) is 337 cm³/mol. The van der Waals surface area contributed by atoms with Gasteiger partial charge in [0.05, 0.1) is 16.1 Å². The number of aryl methyl sites for hydroxylation is 1. The number of hydrogen-bond donors (Lipinski definition) is 0. The molecule has 16 heteroatoms. The quantitative estimate of drug-likeness (QED) is 0.0908. The topological polar surface area (TPSA) is 246 Å². The molecule has 0 aliphatic carbocycles. The number of nitrogens with one attached hydrogen (secondary N) is 1. The number of thiophene rings is 1. The molecule has 0 saturated carbocycles. The van der Waals surface area contributed by atoms with Gasteiger partial charge in [-0.25, -0.2) is 34.9 Å². The number of pyridine rings is 2. The number of nitrogens with zero attached hydrogens (tertiary/aromatic N) is 12. The van der Waals surface area contributed by atoms with Crippen LogP contribution in [0, 0.1) is 63.6 Å². The van der Waals surface area contributed by atoms with E-state index >= 15 is 0 Å². The third kappa shape index (κ3) is 9.44. The second-order valence-corrected chi connectivity index (χ2v) is 21.4. The van der Waals surface area contributed by atoms with E-state index in [9.17, 15) is 31.4 Å². The van der Waals surface area contributed by atoms with Crippen molar-refractivity contribution in [1.29, 1.82) is 26.3 Å². The van der Waals surface area contributed by atoms with Gasteiger partial charge in [-0.15, -0.1) is 11.3 Å². The van der Waals surface area contributed by atoms with Crippen LogP contribution in [0.25, 0.3) is 141 Å². The van der Waals surface area contributed by atoms with Gasteiger partial charge in [-0.05, 0) is 120 Å². The summed E-state index contributed by atoms with van der Waals surface area (Å²) in [6.45, 7) is 1.58. The number of benzene rings is 10. The van der Waals surface area contributed by atoms with Crippen LogP contribution in [-0.2, 0) is 0 Å². The summed E-state index contributed by atoms with van der Waals surface area (Å²) in [5.74, 6) is 0.0445. The molecule has 0 unspecified atom stereocenters. The maximum atomic E-state index is 11.1. The Balaban J connectivity index is 0.000000147. The molecule has 0 spiro atoms. The third-order valence-corrected chi connectivity index (χ3v) is 16.6. The molecule has 16 aromatic rings. The van der Waals surface area contributed by atoms with Crippen molar-refractivity contribution in [3.63, 3.8) is 0 Å². The molecular formula is C72H37LiN13OS+. The average Bonchev–Trinajstić information content (AvgIpc) is 1.74. The van der Waals surface area contributed by atoms with Gasteiger partial charge in [-0.1, -0.05) is 140 Å². The van der Waals surface area contributed by atoms with Gasteiger partial charge >= 0.3 is 18.9 Å². The zero-order valence-electron chi connectivity index (χ0n) is 46.7. The number of para-hydroxylation sites is 1. The summed E-state index contributed by atoms with van der Waals surface area (Å²) in [6.07, 6.45) is 3.72. The molecule has 6 aromatic heterocycles. The van der Waals surface area contributed by atoms with Gasteiger partial charge in [0.2, 0.25) is 5.52 Å². The minimum absolute atomic E-state index is 0. The van der Waals surface area contributed by atoms with E-state index in [1.165, 1.54) is 85.5 Å². The van der Waals surface area contributed by atoms with E-state index in [-0.39, 0.29) is 86.2 Å². The first-order valence-electron chi connectivity index (χ1n) is 27.3. The molecule has 402 valence electrons. The largest absolute Gasteiger partial charge is 1.00 e. The van der Waals surface area contributed by atoms with Gasteiger partial charge in [-0.2, -0.15) is 26.3 Å². The van der Waals surface area contributed by atoms with Crippen molar-refractivity contribution in [3.8, 4) is 69.6 Å². The van der Waals surface area contributed by atoms with Gasteiger partial charge in [0.25, 0.3) is 0 Å². The maximum Gasteiger partial charge on any atom is 1.00 e. The van der Waals surface area contributed by atoms with E-state index < -0.39 is 0 Å². The number of aromatic amines is 1. The molecule has 0 radical (unpaired) electrons. The van der Waals surface area contributed by atoms with Crippen molar-refractivity contribution in [1.82, 2.24) is 34.9 Å². The van der Waals surface area contributed by atoms with Crippen molar-refractivity contribution in [2.45, 2.75) is 6.92 Å². The Labute approximate surface area is 516 Å². The SMILES string of the molecule is Cc1nc2c(nc1C#N)c1nc(C#N)c(C#N)nc1c1nc(C#N)c(C#N)nc21.[Li+].[O-]c1cccc2ccc[nH+]c12.c1ccc2cc(-c3c4ccccc4c(-c4ccc5ccccc5c4)c4cc(-c5nccc6c5sc5ccccc56)ccc34)ccc2c1. The van der Waals surface area contributed by atoms with Gasteiger partial charge in [0.15, 0.2) is 34.7 Å². The Morgan fingerprint density at radius 3 is 1.41 bits per heavy atom. The molecule has 16 rings (SSSR count). The Kier molecular flexibility index (Phi) is 14.3. The van der Waals surface area contributed by atoms with E-state index in [2.05, 4.69) is 193 Å². The van der Waals surface area contributed by atoms with Crippen LogP contribution in [0.4, 0.5) is 0 Å². The molecule has 0 saturated heterocycles. The van der Waals surface area contributed by atoms with Crippen LogP contribution in [0.5, 0.6) is 5.75 Å². The smallest absolute Gasteiger partial charge is 0.868 e. The fourth-order valence-electron chi connectivity index (χ4n) is 11.4. The number of nitriles is 5. The van der Waals surface area contributed by atoms with Crippen molar-refractivity contribution < 1.29 is 29.0 Å². The zero-order valence-corrected chi connectivity index (χ0v) is 47.6. The van der Waals surface area contributed by atoms with Crippen LogP contribution in [-0.4, -0.2) is 34.9 Å². The molecule has 1 N–H and O–H groups in total. The first kappa shape index (κ1) is 55.1. The number of rotatable bonds is 3. The Bertz CT molecular complexity index is 5800. The van der Waals surface area contributed by atoms with Crippen LogP contribution >= 0.6 is 11.3 Å². The predicted octanol–water partition coefficient (Wildman–Crippen LogP) is 12.0. The van der Waals surface area contributed by atoms with Crippen LogP contribution in [0.3, 0.4) is 0 Å². The summed E-state index contributed by atoms with van der Waals surface area (Å²) in [6, 6.07) is 75.9. The third-order valence-electron chi connectivity index (χ3n) is 15.4. The van der Waals surface area contributed by atoms with E-state index in [0.29, 0.717) is 11.2 Å². The summed E-state index contributed by atoms with van der Waals surface area (Å²) in [7, 11) is 0. The fraction of sp³-hybridized carbons (Fsp3) is 0.0139.